The number of nitrogens with zero attached hydrogens (tertiary/aromatic N) is 4. The number of aromatic nitrogens is 1. The molecule has 2 aromatic carbocycles. The van der Waals surface area contributed by atoms with Gasteiger partial charge in [-0.3, -0.25) is 4.79 Å². The molecule has 1 aliphatic heterocycles. The van der Waals surface area contributed by atoms with Gasteiger partial charge in [-0.1, -0.05) is 35.9 Å². The van der Waals surface area contributed by atoms with Crippen LogP contribution in [0.5, 0.6) is 5.75 Å². The molecule has 10 heteroatoms. The number of nitrogens with one attached hydrogen (secondary N) is 1. The second kappa shape index (κ2) is 8.72. The lowest BCUT2D eigenvalue weighted by atomic mass is 10.1. The van der Waals surface area contributed by atoms with Crippen molar-refractivity contribution in [1.82, 2.24) is 10.6 Å². The van der Waals surface area contributed by atoms with Gasteiger partial charge in [-0.15, -0.1) is 21.6 Å². The maximum absolute atomic E-state index is 12.0. The van der Waals surface area contributed by atoms with Crippen molar-refractivity contribution in [3.63, 3.8) is 0 Å². The molecule has 0 unspecified atom stereocenters. The normalized spacial score (nSPS) is 13.7. The summed E-state index contributed by atoms with van der Waals surface area (Å²) in [6.45, 7) is 0. The molecule has 0 saturated heterocycles. The number of ether oxygens (including phenoxy) is 1. The number of benzene rings is 2. The van der Waals surface area contributed by atoms with Gasteiger partial charge in [0.2, 0.25) is 5.13 Å². The molecule has 0 atom stereocenters. The van der Waals surface area contributed by atoms with Gasteiger partial charge in [-0.2, -0.15) is 0 Å². The molecule has 152 valence electrons. The molecule has 0 aliphatic carbocycles. The molecule has 30 heavy (non-hydrogen) atoms. The van der Waals surface area contributed by atoms with Crippen molar-refractivity contribution < 1.29 is 19.5 Å². The number of aliphatic hydroxyl groups is 1. The highest BCUT2D eigenvalue weighted by Gasteiger charge is 2.29. The van der Waals surface area contributed by atoms with Gasteiger partial charge in [0, 0.05) is 5.38 Å². The molecule has 0 saturated carbocycles. The van der Waals surface area contributed by atoms with Gasteiger partial charge in [0.1, 0.15) is 11.4 Å². The minimum Gasteiger partial charge on any atom is -0.497 e. The molecule has 0 radical (unpaired) electrons. The number of carbonyl (C=O) groups excluding carboxylic acids is 1. The Morgan fingerprint density at radius 1 is 1.23 bits per heavy atom. The predicted molar refractivity (Wildman–Crippen MR) is 111 cm³/mol. The second-order valence-corrected chi connectivity index (χ2v) is 6.99. The number of hydrogen-bond donors (Lipinski definition) is 2. The Bertz CT molecular complexity index is 1100. The van der Waals surface area contributed by atoms with Crippen LogP contribution in [0.1, 0.15) is 11.3 Å². The summed E-state index contributed by atoms with van der Waals surface area (Å²) in [5, 5.41) is 21.3. The molecule has 1 amide bonds. The van der Waals surface area contributed by atoms with Gasteiger partial charge in [-0.05, 0) is 29.8 Å². The first-order chi connectivity index (χ1) is 14.6. The largest absolute Gasteiger partial charge is 0.497 e. The first kappa shape index (κ1) is 19.6. The molecule has 2 N–H and O–H groups in total. The Labute approximate surface area is 175 Å². The van der Waals surface area contributed by atoms with Gasteiger partial charge >= 0.3 is 5.95 Å². The number of hydrogen-bond acceptors (Lipinski definition) is 9. The van der Waals surface area contributed by atoms with Crippen LogP contribution in [0.25, 0.3) is 5.70 Å². The standard InChI is InChI=1S/C20H17N5O4S/c1-28-15-9-7-14(8-10-15)25-18(19(27)29-24-25)16-12-30-20(21-16)23-22-17(26)11-13-5-3-2-4-6-13/h2-10,12,24,27H,11H2,1H3. The first-order valence-corrected chi connectivity index (χ1v) is 9.76. The molecule has 3 aromatic rings. The lowest BCUT2D eigenvalue weighted by Crippen LogP contribution is -2.30. The highest BCUT2D eigenvalue weighted by atomic mass is 32.1. The average Bonchev–Trinajstić information content (AvgIpc) is 3.39. The molecule has 0 spiro atoms. The van der Waals surface area contributed by atoms with E-state index in [0.717, 1.165) is 5.56 Å². The summed E-state index contributed by atoms with van der Waals surface area (Å²) in [6.07, 6.45) is 0.164. The first-order valence-electron chi connectivity index (χ1n) is 8.88. The summed E-state index contributed by atoms with van der Waals surface area (Å²) < 4.78 is 5.16. The van der Waals surface area contributed by atoms with Crippen LogP contribution in [0.15, 0.2) is 76.2 Å². The number of azo groups is 1. The van der Waals surface area contributed by atoms with Crippen LogP contribution in [0, 0.1) is 0 Å². The number of thiazole rings is 1. The molecule has 1 aliphatic rings. The predicted octanol–water partition coefficient (Wildman–Crippen LogP) is 4.15. The molecular formula is C20H17N5O4S. The van der Waals surface area contributed by atoms with E-state index in [2.05, 4.69) is 20.8 Å². The number of anilines is 1. The number of carbonyl (C=O) groups is 1. The van der Waals surface area contributed by atoms with E-state index in [-0.39, 0.29) is 23.4 Å². The minimum atomic E-state index is -0.370. The summed E-state index contributed by atoms with van der Waals surface area (Å²) in [7, 11) is 1.58. The lowest BCUT2D eigenvalue weighted by molar-refractivity contribution is -0.117. The summed E-state index contributed by atoms with van der Waals surface area (Å²) in [4.78, 5) is 21.4. The van der Waals surface area contributed by atoms with Crippen molar-refractivity contribution in [3.8, 4) is 5.75 Å². The smallest absolute Gasteiger partial charge is 0.327 e. The van der Waals surface area contributed by atoms with Gasteiger partial charge in [0.05, 0.1) is 19.2 Å². The summed E-state index contributed by atoms with van der Waals surface area (Å²) in [6, 6.07) is 16.5. The van der Waals surface area contributed by atoms with Crippen LogP contribution in [-0.2, 0) is 16.1 Å². The van der Waals surface area contributed by atoms with Gasteiger partial charge in [0.25, 0.3) is 5.91 Å². The average molecular weight is 423 g/mol. The Morgan fingerprint density at radius 3 is 2.73 bits per heavy atom. The van der Waals surface area contributed by atoms with E-state index >= 15 is 0 Å². The third-order valence-electron chi connectivity index (χ3n) is 4.17. The highest BCUT2D eigenvalue weighted by Crippen LogP contribution is 2.33. The highest BCUT2D eigenvalue weighted by molar-refractivity contribution is 7.13. The van der Waals surface area contributed by atoms with Crippen molar-refractivity contribution >= 4 is 33.8 Å². The Kier molecular flexibility index (Phi) is 5.68. The number of amides is 1. The Hall–Kier alpha value is -3.76. The third kappa shape index (κ3) is 4.29. The minimum absolute atomic E-state index is 0.164. The van der Waals surface area contributed by atoms with E-state index in [1.165, 1.54) is 16.3 Å². The lowest BCUT2D eigenvalue weighted by Gasteiger charge is -2.17. The summed E-state index contributed by atoms with van der Waals surface area (Å²) in [5.41, 5.74) is 4.91. The second-order valence-electron chi connectivity index (χ2n) is 6.15. The zero-order valence-electron chi connectivity index (χ0n) is 15.8. The number of aliphatic hydroxyl groups excluding tert-OH is 1. The summed E-state index contributed by atoms with van der Waals surface area (Å²) >= 11 is 1.19. The maximum atomic E-state index is 12.0. The van der Waals surface area contributed by atoms with Crippen molar-refractivity contribution in [3.05, 3.63) is 77.2 Å². The fraction of sp³-hybridized carbons (Fsp3) is 0.100. The van der Waals surface area contributed by atoms with Crippen LogP contribution in [-0.4, -0.2) is 23.1 Å². The van der Waals surface area contributed by atoms with Crippen molar-refractivity contribution in [1.29, 1.82) is 0 Å². The number of rotatable bonds is 6. The third-order valence-corrected chi connectivity index (χ3v) is 4.90. The topological polar surface area (TPSA) is 109 Å². The molecule has 2 heterocycles. The van der Waals surface area contributed by atoms with Gasteiger partial charge < -0.3 is 14.7 Å². The zero-order chi connectivity index (χ0) is 20.9. The SMILES string of the molecule is COc1ccc(N2NOC(O)=C2c2csc(N=NC(=O)Cc3ccccc3)n2)cc1. The fourth-order valence-electron chi connectivity index (χ4n) is 2.74. The van der Waals surface area contributed by atoms with Crippen LogP contribution >= 0.6 is 11.3 Å². The van der Waals surface area contributed by atoms with Crippen molar-refractivity contribution in [2.24, 2.45) is 10.2 Å². The van der Waals surface area contributed by atoms with Crippen molar-refractivity contribution in [2.45, 2.75) is 6.42 Å². The van der Waals surface area contributed by atoms with E-state index in [9.17, 15) is 9.90 Å². The van der Waals surface area contributed by atoms with E-state index in [1.807, 2.05) is 30.3 Å². The number of methoxy groups -OCH3 is 1. The maximum Gasteiger partial charge on any atom is 0.327 e. The van der Waals surface area contributed by atoms with Crippen LogP contribution < -0.4 is 15.3 Å². The van der Waals surface area contributed by atoms with E-state index in [0.29, 0.717) is 22.8 Å². The van der Waals surface area contributed by atoms with Gasteiger partial charge in [0.15, 0.2) is 5.70 Å². The van der Waals surface area contributed by atoms with E-state index in [1.54, 1.807) is 36.8 Å². The molecule has 1 aromatic heterocycles. The molecule has 4 rings (SSSR count). The molecular weight excluding hydrogens is 406 g/mol. The molecule has 0 bridgehead atoms. The van der Waals surface area contributed by atoms with Crippen molar-refractivity contribution in [2.75, 3.05) is 12.1 Å². The quantitative estimate of drug-likeness (QED) is 0.574. The fourth-order valence-corrected chi connectivity index (χ4v) is 3.36. The monoisotopic (exact) mass is 423 g/mol. The van der Waals surface area contributed by atoms with Crippen LogP contribution in [0.2, 0.25) is 0 Å². The van der Waals surface area contributed by atoms with E-state index < -0.39 is 0 Å². The summed E-state index contributed by atoms with van der Waals surface area (Å²) in [5.74, 6) is -0.00403. The number of hydrazine groups is 1. The Morgan fingerprint density at radius 2 is 2.00 bits per heavy atom. The van der Waals surface area contributed by atoms with Crippen LogP contribution in [0.4, 0.5) is 10.8 Å². The molecule has 0 fully saturated rings. The zero-order valence-corrected chi connectivity index (χ0v) is 16.7. The van der Waals surface area contributed by atoms with Crippen LogP contribution in [0.3, 0.4) is 0 Å². The van der Waals surface area contributed by atoms with Gasteiger partial charge in [-0.25, -0.2) is 9.99 Å². The molecule has 9 nitrogen and oxygen atoms in total. The van der Waals surface area contributed by atoms with E-state index in [4.69, 9.17) is 9.57 Å². The Balaban J connectivity index is 1.49.